The molecule has 2 aromatic rings. The van der Waals surface area contributed by atoms with E-state index in [0.717, 1.165) is 17.5 Å². The number of hydrogen-bond donors (Lipinski definition) is 5. The molecule has 44 heavy (non-hydrogen) atoms. The number of carbonyl (C=O) groups is 3. The van der Waals surface area contributed by atoms with Gasteiger partial charge in [-0.3, -0.25) is 14.4 Å². The monoisotopic (exact) mass is 649 g/mol. The molecule has 0 radical (unpaired) electrons. The summed E-state index contributed by atoms with van der Waals surface area (Å²) in [6.45, 7) is 3.51. The minimum atomic E-state index is -4.00. The van der Waals surface area contributed by atoms with Crippen LogP contribution in [0.4, 0.5) is 0 Å². The molecule has 14 heteroatoms. The molecule has 8 N–H and O–H groups in total. The van der Waals surface area contributed by atoms with E-state index < -0.39 is 40.0 Å². The molecule has 0 unspecified atom stereocenters. The molecule has 0 aliphatic carbocycles. The van der Waals surface area contributed by atoms with Gasteiger partial charge in [0, 0.05) is 56.8 Å². The molecule has 0 aromatic heterocycles. The van der Waals surface area contributed by atoms with Crippen molar-refractivity contribution in [1.82, 2.24) is 19.8 Å². The van der Waals surface area contributed by atoms with Crippen molar-refractivity contribution in [3.8, 4) is 0 Å². The van der Waals surface area contributed by atoms with Crippen molar-refractivity contribution in [3.05, 3.63) is 70.2 Å². The van der Waals surface area contributed by atoms with E-state index in [2.05, 4.69) is 10.0 Å². The molecule has 1 heterocycles. The Morgan fingerprint density at radius 3 is 2.48 bits per heavy atom. The summed E-state index contributed by atoms with van der Waals surface area (Å²) in [4.78, 5) is 43.3. The zero-order valence-electron chi connectivity index (χ0n) is 25.1. The van der Waals surface area contributed by atoms with Crippen LogP contribution >= 0.6 is 11.6 Å². The van der Waals surface area contributed by atoms with Crippen LogP contribution in [0.1, 0.15) is 49.3 Å². The number of nitrogens with two attached hydrogens (primary N) is 3. The third kappa shape index (κ3) is 10.2. The number of hydrogen-bond acceptors (Lipinski definition) is 8. The first-order chi connectivity index (χ1) is 21.0. The highest BCUT2D eigenvalue weighted by atomic mass is 35.5. The van der Waals surface area contributed by atoms with Crippen molar-refractivity contribution in [1.29, 1.82) is 0 Å². The zero-order chi connectivity index (χ0) is 32.3. The first-order valence-corrected chi connectivity index (χ1v) is 16.8. The average molecular weight is 650 g/mol. The maximum Gasteiger partial charge on any atom is 0.243 e. The summed E-state index contributed by atoms with van der Waals surface area (Å²) in [5.41, 5.74) is 19.8. The Labute approximate surface area is 264 Å². The number of likely N-dealkylation sites (tertiary alicyclic amines) is 1. The van der Waals surface area contributed by atoms with Crippen molar-refractivity contribution in [2.45, 2.75) is 69.6 Å². The van der Waals surface area contributed by atoms with Gasteiger partial charge in [-0.15, -0.1) is 0 Å². The van der Waals surface area contributed by atoms with Gasteiger partial charge in [0.25, 0.3) is 0 Å². The van der Waals surface area contributed by atoms with Crippen LogP contribution in [0, 0.1) is 0 Å². The molecule has 12 nitrogen and oxygen atoms in total. The number of sulfonamides is 1. The second kappa shape index (κ2) is 16.8. The van der Waals surface area contributed by atoms with E-state index in [9.17, 15) is 22.8 Å². The molecule has 1 aliphatic rings. The van der Waals surface area contributed by atoms with E-state index in [1.54, 1.807) is 53.4 Å². The quantitative estimate of drug-likeness (QED) is 0.176. The Hall–Kier alpha value is -3.07. The van der Waals surface area contributed by atoms with Gasteiger partial charge >= 0.3 is 0 Å². The number of nitrogens with one attached hydrogen (secondary N) is 2. The molecule has 3 atom stereocenters. The highest BCUT2D eigenvalue weighted by molar-refractivity contribution is 7.88. The lowest BCUT2D eigenvalue weighted by Gasteiger charge is -2.29. The van der Waals surface area contributed by atoms with Gasteiger partial charge in [-0.1, -0.05) is 54.9 Å². The van der Waals surface area contributed by atoms with E-state index in [1.807, 2.05) is 6.92 Å². The lowest BCUT2D eigenvalue weighted by atomic mass is 10.1. The predicted molar refractivity (Wildman–Crippen MR) is 170 cm³/mol. The Kier molecular flexibility index (Phi) is 13.6. The van der Waals surface area contributed by atoms with E-state index >= 15 is 0 Å². The first kappa shape index (κ1) is 35.4. The molecule has 3 rings (SSSR count). The maximum atomic E-state index is 14.0. The fourth-order valence-electron chi connectivity index (χ4n) is 5.32. The van der Waals surface area contributed by atoms with Crippen molar-refractivity contribution in [2.75, 3.05) is 26.2 Å². The SMILES string of the molecule is CCCN(CCN)C(=O)CC[C@@H](NS(=O)(=O)Cc1ccccc1)C(=O)N1C[C@@H](N)C[C@H]1C(=O)NCc1cc(Cl)ccc1CN. The normalized spacial score (nSPS) is 17.3. The lowest BCUT2D eigenvalue weighted by molar-refractivity contribution is -0.140. The fraction of sp³-hybridized carbons (Fsp3) is 0.500. The Bertz CT molecular complexity index is 1370. The van der Waals surface area contributed by atoms with Crippen LogP contribution in [0.3, 0.4) is 0 Å². The Balaban J connectivity index is 1.80. The van der Waals surface area contributed by atoms with E-state index in [4.69, 9.17) is 28.8 Å². The first-order valence-electron chi connectivity index (χ1n) is 14.8. The molecule has 2 aromatic carbocycles. The second-order valence-corrected chi connectivity index (χ2v) is 13.2. The van der Waals surface area contributed by atoms with Crippen molar-refractivity contribution in [3.63, 3.8) is 0 Å². The molecule has 0 saturated carbocycles. The van der Waals surface area contributed by atoms with Crippen LogP contribution in [-0.2, 0) is 43.2 Å². The summed E-state index contributed by atoms with van der Waals surface area (Å²) in [5, 5.41) is 3.34. The highest BCUT2D eigenvalue weighted by Gasteiger charge is 2.41. The van der Waals surface area contributed by atoms with Gasteiger partial charge in [0.05, 0.1) is 5.75 Å². The summed E-state index contributed by atoms with van der Waals surface area (Å²) in [6.07, 6.45) is 0.735. The van der Waals surface area contributed by atoms with Crippen LogP contribution < -0.4 is 27.2 Å². The minimum Gasteiger partial charge on any atom is -0.350 e. The lowest BCUT2D eigenvalue weighted by Crippen LogP contribution is -2.54. The number of amides is 3. The molecular weight excluding hydrogens is 606 g/mol. The van der Waals surface area contributed by atoms with Gasteiger partial charge in [-0.25, -0.2) is 13.1 Å². The van der Waals surface area contributed by atoms with Crippen LogP contribution in [0.15, 0.2) is 48.5 Å². The van der Waals surface area contributed by atoms with Gasteiger partial charge in [0.2, 0.25) is 27.7 Å². The highest BCUT2D eigenvalue weighted by Crippen LogP contribution is 2.21. The molecule has 1 fully saturated rings. The zero-order valence-corrected chi connectivity index (χ0v) is 26.7. The van der Waals surface area contributed by atoms with Gasteiger partial charge in [0.1, 0.15) is 12.1 Å². The molecule has 0 bridgehead atoms. The number of nitrogens with zero attached hydrogens (tertiary/aromatic N) is 2. The number of halogens is 1. The standard InChI is InChI=1S/C30H44ClN7O5S/c1-2-13-37(14-12-32)28(39)11-10-26(36-44(42,43)20-21-6-4-3-5-7-21)30(41)38-19-25(34)16-27(38)29(40)35-18-23-15-24(31)9-8-22(23)17-33/h3-9,15,25-27,36H,2,10-14,16-20,32-34H2,1H3,(H,35,40)/t25-,26+,27-/m0/s1. The van der Waals surface area contributed by atoms with Gasteiger partial charge in [-0.2, -0.15) is 0 Å². The summed E-state index contributed by atoms with van der Waals surface area (Å²) in [5.74, 6) is -1.64. The van der Waals surface area contributed by atoms with Crippen molar-refractivity contribution >= 4 is 39.3 Å². The van der Waals surface area contributed by atoms with E-state index in [-0.39, 0.29) is 57.1 Å². The van der Waals surface area contributed by atoms with Crippen molar-refractivity contribution < 1.29 is 22.8 Å². The predicted octanol–water partition coefficient (Wildman–Crippen LogP) is 0.809. The summed E-state index contributed by atoms with van der Waals surface area (Å²) >= 11 is 6.13. The largest absolute Gasteiger partial charge is 0.350 e. The van der Waals surface area contributed by atoms with Crippen LogP contribution in [0.25, 0.3) is 0 Å². The summed E-state index contributed by atoms with van der Waals surface area (Å²) in [7, 11) is -4.00. The molecule has 1 saturated heterocycles. The van der Waals surface area contributed by atoms with Crippen LogP contribution in [-0.4, -0.2) is 80.2 Å². The van der Waals surface area contributed by atoms with Crippen LogP contribution in [0.5, 0.6) is 0 Å². The third-order valence-electron chi connectivity index (χ3n) is 7.47. The average Bonchev–Trinajstić information content (AvgIpc) is 3.39. The third-order valence-corrected chi connectivity index (χ3v) is 9.06. The van der Waals surface area contributed by atoms with E-state index in [1.165, 1.54) is 4.90 Å². The smallest absolute Gasteiger partial charge is 0.243 e. The molecule has 1 aliphatic heterocycles. The van der Waals surface area contributed by atoms with Crippen LogP contribution in [0.2, 0.25) is 5.02 Å². The summed E-state index contributed by atoms with van der Waals surface area (Å²) < 4.78 is 29.0. The number of rotatable bonds is 16. The Morgan fingerprint density at radius 2 is 1.82 bits per heavy atom. The van der Waals surface area contributed by atoms with Gasteiger partial charge in [0.15, 0.2) is 0 Å². The summed E-state index contributed by atoms with van der Waals surface area (Å²) in [6, 6.07) is 11.1. The molecule has 0 spiro atoms. The van der Waals surface area contributed by atoms with E-state index in [0.29, 0.717) is 23.7 Å². The Morgan fingerprint density at radius 1 is 1.09 bits per heavy atom. The minimum absolute atomic E-state index is 0.0577. The molecular formula is C30H44ClN7O5S. The maximum absolute atomic E-state index is 14.0. The van der Waals surface area contributed by atoms with Crippen molar-refractivity contribution in [2.24, 2.45) is 17.2 Å². The fourth-order valence-corrected chi connectivity index (χ4v) is 6.88. The molecule has 3 amide bonds. The van der Waals surface area contributed by atoms with Gasteiger partial charge < -0.3 is 32.3 Å². The second-order valence-electron chi connectivity index (χ2n) is 11.0. The topological polar surface area (TPSA) is 194 Å². The van der Waals surface area contributed by atoms with Gasteiger partial charge in [-0.05, 0) is 48.1 Å². The number of benzene rings is 2. The molecule has 242 valence electrons. The number of carbonyl (C=O) groups excluding carboxylic acids is 3.